The van der Waals surface area contributed by atoms with Gasteiger partial charge in [-0.15, -0.1) is 11.3 Å². The van der Waals surface area contributed by atoms with Crippen molar-refractivity contribution in [1.29, 1.82) is 0 Å². The van der Waals surface area contributed by atoms with Gasteiger partial charge in [-0.05, 0) is 42.9 Å². The van der Waals surface area contributed by atoms with Gasteiger partial charge in [-0.3, -0.25) is 14.2 Å². The molecule has 7 nitrogen and oxygen atoms in total. The Balaban J connectivity index is 1.16. The Hall–Kier alpha value is -2.97. The van der Waals surface area contributed by atoms with Crippen LogP contribution in [0.4, 0.5) is 5.82 Å². The fraction of sp³-hybridized carbons (Fsp3) is 0.423. The predicted octanol–water partition coefficient (Wildman–Crippen LogP) is 3.25. The summed E-state index contributed by atoms with van der Waals surface area (Å²) in [6.07, 6.45) is 6.47. The minimum Gasteiger partial charge on any atom is -0.365 e. The second kappa shape index (κ2) is 8.67. The molecule has 6 rings (SSSR count). The van der Waals surface area contributed by atoms with Gasteiger partial charge in [0.2, 0.25) is 5.91 Å². The molecule has 176 valence electrons. The summed E-state index contributed by atoms with van der Waals surface area (Å²) in [6.45, 7) is 2.99. The van der Waals surface area contributed by atoms with E-state index in [0.29, 0.717) is 31.7 Å². The number of amides is 1. The summed E-state index contributed by atoms with van der Waals surface area (Å²) in [7, 11) is 0. The summed E-state index contributed by atoms with van der Waals surface area (Å²) in [5, 5.41) is 9.74. The molecule has 1 fully saturated rings. The van der Waals surface area contributed by atoms with E-state index in [0.717, 1.165) is 36.5 Å². The highest BCUT2D eigenvalue weighted by molar-refractivity contribution is 7.12. The molecule has 0 unspecified atom stereocenters. The highest BCUT2D eigenvalue weighted by Crippen LogP contribution is 2.43. The molecule has 1 aromatic carbocycles. The number of nitrogens with one attached hydrogen (secondary N) is 3. The second-order valence-electron chi connectivity index (χ2n) is 9.66. The number of nitrogens with zero attached hydrogens (tertiary/aromatic N) is 2. The van der Waals surface area contributed by atoms with Gasteiger partial charge in [0.1, 0.15) is 6.04 Å². The van der Waals surface area contributed by atoms with Gasteiger partial charge in [-0.2, -0.15) is 0 Å². The van der Waals surface area contributed by atoms with E-state index in [-0.39, 0.29) is 16.9 Å². The fourth-order valence-corrected chi connectivity index (χ4v) is 6.64. The van der Waals surface area contributed by atoms with Crippen LogP contribution in [0.2, 0.25) is 0 Å². The molecule has 0 spiro atoms. The summed E-state index contributed by atoms with van der Waals surface area (Å²) in [6, 6.07) is 12.2. The van der Waals surface area contributed by atoms with Crippen LogP contribution in [0.1, 0.15) is 58.3 Å². The predicted molar refractivity (Wildman–Crippen MR) is 133 cm³/mol. The number of rotatable bonds is 7. The van der Waals surface area contributed by atoms with Gasteiger partial charge in [0.15, 0.2) is 5.82 Å². The number of benzene rings is 1. The van der Waals surface area contributed by atoms with E-state index >= 15 is 0 Å². The quantitative estimate of drug-likeness (QED) is 0.488. The van der Waals surface area contributed by atoms with E-state index in [1.807, 2.05) is 6.07 Å². The maximum Gasteiger partial charge on any atom is 0.294 e. The smallest absolute Gasteiger partial charge is 0.294 e. The average Bonchev–Trinajstić information content (AvgIpc) is 3.54. The molecule has 0 saturated heterocycles. The van der Waals surface area contributed by atoms with E-state index < -0.39 is 6.04 Å². The molecule has 3 N–H and O–H groups in total. The van der Waals surface area contributed by atoms with Crippen LogP contribution >= 0.6 is 11.3 Å². The summed E-state index contributed by atoms with van der Waals surface area (Å²) in [4.78, 5) is 33.4. The molecule has 2 aliphatic heterocycles. The lowest BCUT2D eigenvalue weighted by atomic mass is 9.64. The number of anilines is 1. The summed E-state index contributed by atoms with van der Waals surface area (Å²) in [5.41, 5.74) is 3.32. The summed E-state index contributed by atoms with van der Waals surface area (Å²) in [5.74, 6) is 0.247. The maximum atomic E-state index is 13.4. The Morgan fingerprint density at radius 1 is 1.24 bits per heavy atom. The van der Waals surface area contributed by atoms with Crippen LogP contribution < -0.4 is 21.5 Å². The first-order valence-electron chi connectivity index (χ1n) is 12.1. The molecule has 0 radical (unpaired) electrons. The number of carbonyl (C=O) groups excluding carboxylic acids is 1. The molecule has 1 aliphatic carbocycles. The second-order valence-corrected chi connectivity index (χ2v) is 10.9. The van der Waals surface area contributed by atoms with E-state index in [1.54, 1.807) is 22.1 Å². The van der Waals surface area contributed by atoms with Crippen LogP contribution in [0.25, 0.3) is 0 Å². The zero-order valence-corrected chi connectivity index (χ0v) is 19.9. The van der Waals surface area contributed by atoms with E-state index in [4.69, 9.17) is 0 Å². The van der Waals surface area contributed by atoms with E-state index in [9.17, 15) is 9.59 Å². The number of thiophene rings is 1. The number of fused-ring (bicyclic) bond motifs is 2. The molecule has 0 bridgehead atoms. The van der Waals surface area contributed by atoms with Gasteiger partial charge in [0.05, 0.1) is 6.54 Å². The first kappa shape index (κ1) is 21.6. The van der Waals surface area contributed by atoms with Crippen LogP contribution in [-0.2, 0) is 36.3 Å². The number of hydrogen-bond donors (Lipinski definition) is 3. The third-order valence-corrected chi connectivity index (χ3v) is 8.82. The van der Waals surface area contributed by atoms with Gasteiger partial charge in [0.25, 0.3) is 5.56 Å². The van der Waals surface area contributed by atoms with Crippen molar-refractivity contribution in [3.05, 3.63) is 79.5 Å². The van der Waals surface area contributed by atoms with Crippen LogP contribution in [-0.4, -0.2) is 22.0 Å². The van der Waals surface area contributed by atoms with Crippen molar-refractivity contribution in [2.24, 2.45) is 0 Å². The Kier molecular flexibility index (Phi) is 5.50. The molecule has 3 aromatic rings. The Labute approximate surface area is 202 Å². The zero-order valence-electron chi connectivity index (χ0n) is 19.1. The summed E-state index contributed by atoms with van der Waals surface area (Å²) < 4.78 is 1.65. The van der Waals surface area contributed by atoms with Gasteiger partial charge < -0.3 is 16.0 Å². The topological polar surface area (TPSA) is 88.1 Å². The lowest BCUT2D eigenvalue weighted by molar-refractivity contribution is -0.124. The minimum absolute atomic E-state index is 0.0480. The first-order valence-corrected chi connectivity index (χ1v) is 12.9. The fourth-order valence-electron chi connectivity index (χ4n) is 5.54. The zero-order chi connectivity index (χ0) is 23.1. The first-order chi connectivity index (χ1) is 16.6. The Morgan fingerprint density at radius 2 is 2.09 bits per heavy atom. The Bertz CT molecular complexity index is 1260. The number of aryl methyl sites for hydroxylation is 1. The number of hydrogen-bond acceptors (Lipinski definition) is 6. The van der Waals surface area contributed by atoms with Crippen LogP contribution in [0.15, 0.2) is 47.4 Å². The average molecular weight is 476 g/mol. The maximum absolute atomic E-state index is 13.4. The van der Waals surface area contributed by atoms with Crippen molar-refractivity contribution in [3.63, 3.8) is 0 Å². The molecule has 3 aliphatic rings. The minimum atomic E-state index is -0.480. The van der Waals surface area contributed by atoms with Crippen molar-refractivity contribution in [3.8, 4) is 0 Å². The molecule has 8 heteroatoms. The molecule has 1 atom stereocenters. The molecule has 1 saturated carbocycles. The van der Waals surface area contributed by atoms with Crippen molar-refractivity contribution >= 4 is 23.1 Å². The Morgan fingerprint density at radius 3 is 2.85 bits per heavy atom. The molecule has 2 aromatic heterocycles. The van der Waals surface area contributed by atoms with Gasteiger partial charge in [0, 0.05) is 46.7 Å². The van der Waals surface area contributed by atoms with Crippen LogP contribution in [0, 0.1) is 0 Å². The largest absolute Gasteiger partial charge is 0.365 e. The highest BCUT2D eigenvalue weighted by atomic mass is 32.1. The monoisotopic (exact) mass is 475 g/mol. The third-order valence-electron chi connectivity index (χ3n) is 7.64. The summed E-state index contributed by atoms with van der Waals surface area (Å²) >= 11 is 1.75. The molecular weight excluding hydrogens is 446 g/mol. The van der Waals surface area contributed by atoms with E-state index in [2.05, 4.69) is 51.3 Å². The third kappa shape index (κ3) is 3.75. The lowest BCUT2D eigenvalue weighted by Crippen LogP contribution is -2.42. The highest BCUT2D eigenvalue weighted by Gasteiger charge is 2.39. The van der Waals surface area contributed by atoms with Crippen molar-refractivity contribution in [2.75, 3.05) is 11.9 Å². The molecule has 4 heterocycles. The SMILES string of the molecule is O=C(NCc1cc2c(s1)CNC2)[C@@H]1CCc2cnc(NCC3(c4ccccc4)CCC3)c(=O)n21. The lowest BCUT2D eigenvalue weighted by Gasteiger charge is -2.42. The van der Waals surface area contributed by atoms with E-state index in [1.165, 1.54) is 22.4 Å². The van der Waals surface area contributed by atoms with Crippen molar-refractivity contribution < 1.29 is 4.79 Å². The number of carbonyl (C=O) groups is 1. The van der Waals surface area contributed by atoms with Crippen molar-refractivity contribution in [2.45, 2.75) is 63.2 Å². The van der Waals surface area contributed by atoms with Crippen LogP contribution in [0.5, 0.6) is 0 Å². The van der Waals surface area contributed by atoms with Crippen LogP contribution in [0.3, 0.4) is 0 Å². The van der Waals surface area contributed by atoms with Gasteiger partial charge in [-0.1, -0.05) is 36.8 Å². The number of aromatic nitrogens is 2. The standard InChI is InChI=1S/C26H29N5O2S/c32-24(29-14-20-11-17-12-27-15-22(17)34-20)21-8-7-19-13-28-23(25(33)31(19)21)30-16-26(9-4-10-26)18-5-2-1-3-6-18/h1-3,5-6,11,13,21,27H,4,7-10,12,14-16H2,(H,28,30)(H,29,32)/t21-/m0/s1. The molecule has 34 heavy (non-hydrogen) atoms. The molecular formula is C26H29N5O2S. The van der Waals surface area contributed by atoms with Crippen molar-refractivity contribution in [1.82, 2.24) is 20.2 Å². The normalized spacial score (nSPS) is 19.8. The molecule has 1 amide bonds. The van der Waals surface area contributed by atoms with Gasteiger partial charge >= 0.3 is 0 Å². The van der Waals surface area contributed by atoms with Gasteiger partial charge in [-0.25, -0.2) is 4.98 Å².